The molecule has 0 amide bonds. The van der Waals surface area contributed by atoms with Gasteiger partial charge in [-0.25, -0.2) is 0 Å². The van der Waals surface area contributed by atoms with Crippen LogP contribution < -0.4 is 5.32 Å². The summed E-state index contributed by atoms with van der Waals surface area (Å²) in [5, 5.41) is 12.7. The third-order valence-electron chi connectivity index (χ3n) is 2.42. The third-order valence-corrected chi connectivity index (χ3v) is 2.42. The number of pyridine rings is 1. The van der Waals surface area contributed by atoms with Gasteiger partial charge in [-0.1, -0.05) is 0 Å². The normalized spacial score (nSPS) is 10.3. The summed E-state index contributed by atoms with van der Waals surface area (Å²) in [5.41, 5.74) is 1.50. The lowest BCUT2D eigenvalue weighted by Crippen LogP contribution is -2.17. The molecule has 0 fully saturated rings. The number of hydrogen-bond donors (Lipinski definition) is 2. The van der Waals surface area contributed by atoms with E-state index in [9.17, 15) is 9.90 Å². The van der Waals surface area contributed by atoms with Crippen molar-refractivity contribution in [1.82, 2.24) is 10.3 Å². The fourth-order valence-electron chi connectivity index (χ4n) is 1.53. The van der Waals surface area contributed by atoms with Gasteiger partial charge in [-0.2, -0.15) is 0 Å². The van der Waals surface area contributed by atoms with Crippen LogP contribution in [-0.2, 0) is 16.1 Å². The highest BCUT2D eigenvalue weighted by molar-refractivity contribution is 5.69. The number of aromatic nitrogens is 1. The molecular formula is C13H20N2O3. The monoisotopic (exact) mass is 252 g/mol. The first-order valence-electron chi connectivity index (χ1n) is 6.15. The molecule has 1 rings (SSSR count). The van der Waals surface area contributed by atoms with Crippen LogP contribution >= 0.6 is 0 Å². The summed E-state index contributed by atoms with van der Waals surface area (Å²) >= 11 is 0. The van der Waals surface area contributed by atoms with Crippen molar-refractivity contribution >= 4 is 5.97 Å². The topological polar surface area (TPSA) is 71.5 Å². The molecule has 0 radical (unpaired) electrons. The van der Waals surface area contributed by atoms with Gasteiger partial charge in [0.2, 0.25) is 0 Å². The molecule has 0 bridgehead atoms. The van der Waals surface area contributed by atoms with E-state index in [2.05, 4.69) is 10.3 Å². The molecule has 0 atom stereocenters. The minimum Gasteiger partial charge on any atom is -0.506 e. The minimum absolute atomic E-state index is 0.171. The Bertz CT molecular complexity index is 394. The predicted molar refractivity (Wildman–Crippen MR) is 68.2 cm³/mol. The molecule has 5 heteroatoms. The van der Waals surface area contributed by atoms with Crippen molar-refractivity contribution in [2.75, 3.05) is 13.2 Å². The third kappa shape index (κ3) is 5.14. The van der Waals surface area contributed by atoms with Crippen molar-refractivity contribution in [3.63, 3.8) is 0 Å². The maximum absolute atomic E-state index is 11.1. The van der Waals surface area contributed by atoms with Gasteiger partial charge in [-0.3, -0.25) is 9.78 Å². The fraction of sp³-hybridized carbons (Fsp3) is 0.538. The molecule has 0 saturated carbocycles. The maximum atomic E-state index is 11.1. The van der Waals surface area contributed by atoms with E-state index in [1.54, 1.807) is 19.1 Å². The average Bonchev–Trinajstić information content (AvgIpc) is 2.33. The molecule has 18 heavy (non-hydrogen) atoms. The Morgan fingerprint density at radius 3 is 3.00 bits per heavy atom. The van der Waals surface area contributed by atoms with E-state index in [0.717, 1.165) is 5.69 Å². The van der Waals surface area contributed by atoms with Crippen LogP contribution in [0.15, 0.2) is 12.1 Å². The second-order valence-corrected chi connectivity index (χ2v) is 4.00. The molecule has 1 aromatic heterocycles. The minimum atomic E-state index is -0.171. The Labute approximate surface area is 107 Å². The van der Waals surface area contributed by atoms with E-state index < -0.39 is 0 Å². The van der Waals surface area contributed by atoms with Gasteiger partial charge < -0.3 is 15.2 Å². The SMILES string of the molecule is CCOC(=O)CCCNCc1nc(C)ccc1O. The Hall–Kier alpha value is -1.62. The largest absolute Gasteiger partial charge is 0.506 e. The van der Waals surface area contributed by atoms with Crippen molar-refractivity contribution in [1.29, 1.82) is 0 Å². The van der Waals surface area contributed by atoms with E-state index in [-0.39, 0.29) is 11.7 Å². The summed E-state index contributed by atoms with van der Waals surface area (Å²) in [7, 11) is 0. The van der Waals surface area contributed by atoms with E-state index >= 15 is 0 Å². The first-order chi connectivity index (χ1) is 8.63. The quantitative estimate of drug-likeness (QED) is 0.569. The first kappa shape index (κ1) is 14.4. The predicted octanol–water partition coefficient (Wildman–Crippen LogP) is 1.53. The Kier molecular flexibility index (Phi) is 6.14. The Morgan fingerprint density at radius 2 is 2.28 bits per heavy atom. The van der Waals surface area contributed by atoms with E-state index in [0.29, 0.717) is 38.2 Å². The number of ether oxygens (including phenoxy) is 1. The Morgan fingerprint density at radius 1 is 1.50 bits per heavy atom. The van der Waals surface area contributed by atoms with Crippen molar-refractivity contribution in [2.45, 2.75) is 33.2 Å². The van der Waals surface area contributed by atoms with E-state index in [4.69, 9.17) is 4.74 Å². The van der Waals surface area contributed by atoms with Crippen molar-refractivity contribution < 1.29 is 14.6 Å². The zero-order valence-corrected chi connectivity index (χ0v) is 10.9. The summed E-state index contributed by atoms with van der Waals surface area (Å²) in [6.07, 6.45) is 1.12. The first-order valence-corrected chi connectivity index (χ1v) is 6.15. The molecule has 2 N–H and O–H groups in total. The lowest BCUT2D eigenvalue weighted by Gasteiger charge is -2.06. The fourth-order valence-corrected chi connectivity index (χ4v) is 1.53. The van der Waals surface area contributed by atoms with Gasteiger partial charge in [0, 0.05) is 18.7 Å². The number of nitrogens with one attached hydrogen (secondary N) is 1. The number of rotatable bonds is 7. The lowest BCUT2D eigenvalue weighted by atomic mass is 10.2. The van der Waals surface area contributed by atoms with E-state index in [1.807, 2.05) is 6.92 Å². The standard InChI is InChI=1S/C13H20N2O3/c1-3-18-13(17)5-4-8-14-9-11-12(16)7-6-10(2)15-11/h6-7,14,16H,3-5,8-9H2,1-2H3. The van der Waals surface area contributed by atoms with E-state index in [1.165, 1.54) is 0 Å². The summed E-state index contributed by atoms with van der Waals surface area (Å²) in [6.45, 7) is 5.28. The second kappa shape index (κ2) is 7.66. The number of carbonyl (C=O) groups excluding carboxylic acids is 1. The van der Waals surface area contributed by atoms with Crippen molar-refractivity contribution in [2.24, 2.45) is 0 Å². The van der Waals surface area contributed by atoms with Gasteiger partial charge in [0.1, 0.15) is 5.75 Å². The smallest absolute Gasteiger partial charge is 0.305 e. The maximum Gasteiger partial charge on any atom is 0.305 e. The molecule has 0 aliphatic heterocycles. The van der Waals surface area contributed by atoms with Gasteiger partial charge in [-0.05, 0) is 38.9 Å². The number of esters is 1. The van der Waals surface area contributed by atoms with Crippen LogP contribution in [0, 0.1) is 6.92 Å². The van der Waals surface area contributed by atoms with Crippen LogP contribution in [0.25, 0.3) is 0 Å². The van der Waals surface area contributed by atoms with Crippen LogP contribution in [0.2, 0.25) is 0 Å². The molecular weight excluding hydrogens is 232 g/mol. The molecule has 0 aromatic carbocycles. The number of hydrogen-bond acceptors (Lipinski definition) is 5. The molecule has 0 unspecified atom stereocenters. The van der Waals surface area contributed by atoms with Crippen LogP contribution in [0.1, 0.15) is 31.2 Å². The summed E-state index contributed by atoms with van der Waals surface area (Å²) in [6, 6.07) is 3.40. The molecule has 0 spiro atoms. The average molecular weight is 252 g/mol. The summed E-state index contributed by atoms with van der Waals surface area (Å²) in [4.78, 5) is 15.3. The van der Waals surface area contributed by atoms with Gasteiger partial charge >= 0.3 is 5.97 Å². The second-order valence-electron chi connectivity index (χ2n) is 4.00. The molecule has 0 aliphatic rings. The van der Waals surface area contributed by atoms with Crippen molar-refractivity contribution in [3.8, 4) is 5.75 Å². The molecule has 5 nitrogen and oxygen atoms in total. The number of aryl methyl sites for hydroxylation is 1. The molecule has 1 aromatic rings. The van der Waals surface area contributed by atoms with Gasteiger partial charge in [0.15, 0.2) is 0 Å². The van der Waals surface area contributed by atoms with Crippen LogP contribution in [0.4, 0.5) is 0 Å². The number of carbonyl (C=O) groups is 1. The van der Waals surface area contributed by atoms with Gasteiger partial charge in [0.25, 0.3) is 0 Å². The highest BCUT2D eigenvalue weighted by atomic mass is 16.5. The van der Waals surface area contributed by atoms with Crippen LogP contribution in [0.5, 0.6) is 5.75 Å². The highest BCUT2D eigenvalue weighted by Gasteiger charge is 2.03. The Balaban J connectivity index is 2.21. The number of aromatic hydroxyl groups is 1. The van der Waals surface area contributed by atoms with Gasteiger partial charge in [0.05, 0.1) is 12.3 Å². The number of nitrogens with zero attached hydrogens (tertiary/aromatic N) is 1. The molecule has 100 valence electrons. The summed E-state index contributed by atoms with van der Waals surface area (Å²) in [5.74, 6) is 0.0225. The van der Waals surface area contributed by atoms with Crippen LogP contribution in [0.3, 0.4) is 0 Å². The summed E-state index contributed by atoms with van der Waals surface area (Å²) < 4.78 is 4.82. The lowest BCUT2D eigenvalue weighted by molar-refractivity contribution is -0.143. The van der Waals surface area contributed by atoms with Crippen LogP contribution in [-0.4, -0.2) is 29.2 Å². The van der Waals surface area contributed by atoms with Crippen molar-refractivity contribution in [3.05, 3.63) is 23.5 Å². The van der Waals surface area contributed by atoms with Gasteiger partial charge in [-0.15, -0.1) is 0 Å². The molecule has 0 aliphatic carbocycles. The molecule has 1 heterocycles. The highest BCUT2D eigenvalue weighted by Crippen LogP contribution is 2.13. The zero-order valence-electron chi connectivity index (χ0n) is 10.9. The molecule has 0 saturated heterocycles. The zero-order chi connectivity index (χ0) is 13.4.